The van der Waals surface area contributed by atoms with Crippen LogP contribution in [0.4, 0.5) is 8.78 Å². The summed E-state index contributed by atoms with van der Waals surface area (Å²) < 4.78 is 21.1. The molecule has 0 amide bonds. The third-order valence-electron chi connectivity index (χ3n) is 0.187. The number of carbonyl (C=O) groups is 1. The average Bonchev–Trinajstić information content (AvgIpc) is 1.36. The molecule has 0 bridgehead atoms. The van der Waals surface area contributed by atoms with E-state index in [0.717, 1.165) is 0 Å². The summed E-state index contributed by atoms with van der Waals surface area (Å²) in [6.07, 6.45) is -3.23. The molecule has 0 radical (unpaired) electrons. The Labute approximate surface area is 51.6 Å². The molecular formula is C2H5F2GaO2. The number of rotatable bonds is 1. The van der Waals surface area contributed by atoms with Crippen molar-refractivity contribution in [2.75, 3.05) is 0 Å². The van der Waals surface area contributed by atoms with Gasteiger partial charge in [-0.25, -0.2) is 4.79 Å². The zero-order valence-corrected chi connectivity index (χ0v) is 2.69. The van der Waals surface area contributed by atoms with Crippen molar-refractivity contribution in [3.8, 4) is 0 Å². The van der Waals surface area contributed by atoms with E-state index in [2.05, 4.69) is 0 Å². The Kier molecular flexibility index (Phi) is 5.94. The SMILES string of the molecule is O=C(O)C(F)F.[GaH3]. The van der Waals surface area contributed by atoms with E-state index < -0.39 is 12.4 Å². The van der Waals surface area contributed by atoms with E-state index in [9.17, 15) is 8.78 Å². The monoisotopic (exact) mass is 168 g/mol. The summed E-state index contributed by atoms with van der Waals surface area (Å²) in [6.45, 7) is 0. The van der Waals surface area contributed by atoms with Gasteiger partial charge in [-0.2, -0.15) is 8.78 Å². The van der Waals surface area contributed by atoms with Crippen LogP contribution in [0.2, 0.25) is 0 Å². The molecule has 7 heavy (non-hydrogen) atoms. The standard InChI is InChI=1S/C2H2F2O2.Ga.3H/c3-1(4)2(5)6;;;;/h1H,(H,5,6);;;;. The number of hydrogen-bond acceptors (Lipinski definition) is 1. The Morgan fingerprint density at radius 2 is 1.71 bits per heavy atom. The normalized spacial score (nSPS) is 7.86. The molecule has 1 N–H and O–H groups in total. The van der Waals surface area contributed by atoms with E-state index in [1.807, 2.05) is 0 Å². The summed E-state index contributed by atoms with van der Waals surface area (Å²) in [7, 11) is 0. The van der Waals surface area contributed by atoms with Crippen LogP contribution in [0.1, 0.15) is 0 Å². The second-order valence-corrected chi connectivity index (χ2v) is 0.639. The van der Waals surface area contributed by atoms with Crippen LogP contribution in [0.3, 0.4) is 0 Å². The summed E-state index contributed by atoms with van der Waals surface area (Å²) in [6, 6.07) is 0. The topological polar surface area (TPSA) is 37.3 Å². The molecule has 0 saturated heterocycles. The van der Waals surface area contributed by atoms with Crippen molar-refractivity contribution in [2.45, 2.75) is 6.43 Å². The molecule has 0 fully saturated rings. The van der Waals surface area contributed by atoms with Gasteiger partial charge in [-0.3, -0.25) is 0 Å². The second-order valence-electron chi connectivity index (χ2n) is 0.639. The first-order chi connectivity index (χ1) is 2.64. The van der Waals surface area contributed by atoms with Gasteiger partial charge in [-0.15, -0.1) is 0 Å². The van der Waals surface area contributed by atoms with Crippen molar-refractivity contribution in [3.63, 3.8) is 0 Å². The van der Waals surface area contributed by atoms with Gasteiger partial charge in [0.1, 0.15) is 0 Å². The molecule has 0 heterocycles. The fourth-order valence-electron chi connectivity index (χ4n) is 0. The molecule has 0 aromatic carbocycles. The predicted octanol–water partition coefficient (Wildman–Crippen LogP) is -0.848. The van der Waals surface area contributed by atoms with Crippen LogP contribution >= 0.6 is 0 Å². The van der Waals surface area contributed by atoms with Gasteiger partial charge in [-0.1, -0.05) is 0 Å². The molecule has 0 aromatic rings. The van der Waals surface area contributed by atoms with Crippen molar-refractivity contribution in [1.29, 1.82) is 0 Å². The Bertz CT molecular complexity index is 64.7. The van der Waals surface area contributed by atoms with Gasteiger partial charge in [0.25, 0.3) is 0 Å². The minimum absolute atomic E-state index is 0. The number of aliphatic carboxylic acids is 1. The molecule has 0 aliphatic carbocycles. The van der Waals surface area contributed by atoms with E-state index in [4.69, 9.17) is 9.90 Å². The minimum atomic E-state index is -3.23. The van der Waals surface area contributed by atoms with Crippen LogP contribution < -0.4 is 0 Å². The maximum atomic E-state index is 10.6. The first kappa shape index (κ1) is 10.1. The molecule has 0 aliphatic heterocycles. The predicted molar refractivity (Wildman–Crippen MR) is 23.6 cm³/mol. The Balaban J connectivity index is 0. The third-order valence-corrected chi connectivity index (χ3v) is 0.187. The molecule has 0 atom stereocenters. The van der Waals surface area contributed by atoms with Crippen LogP contribution in [0, 0.1) is 0 Å². The van der Waals surface area contributed by atoms with Crippen LogP contribution in [0.5, 0.6) is 0 Å². The van der Waals surface area contributed by atoms with Crippen molar-refractivity contribution >= 4 is 25.8 Å². The zero-order chi connectivity index (χ0) is 5.15. The van der Waals surface area contributed by atoms with E-state index in [0.29, 0.717) is 0 Å². The fourth-order valence-corrected chi connectivity index (χ4v) is 0. The van der Waals surface area contributed by atoms with E-state index in [1.165, 1.54) is 0 Å². The first-order valence-electron chi connectivity index (χ1n) is 1.15. The zero-order valence-electron chi connectivity index (χ0n) is 2.69. The van der Waals surface area contributed by atoms with Gasteiger partial charge in [0.15, 0.2) is 0 Å². The average molecular weight is 169 g/mol. The number of carboxylic acids is 1. The maximum absolute atomic E-state index is 10.6. The van der Waals surface area contributed by atoms with Crippen LogP contribution in [-0.2, 0) is 4.79 Å². The third kappa shape index (κ3) is 5.97. The van der Waals surface area contributed by atoms with Gasteiger partial charge >= 0.3 is 32.2 Å². The van der Waals surface area contributed by atoms with Crippen LogP contribution in [-0.4, -0.2) is 37.3 Å². The summed E-state index contributed by atoms with van der Waals surface area (Å²) in [5.41, 5.74) is 0. The first-order valence-corrected chi connectivity index (χ1v) is 1.15. The Morgan fingerprint density at radius 1 is 1.57 bits per heavy atom. The van der Waals surface area contributed by atoms with Crippen LogP contribution in [0.25, 0.3) is 0 Å². The molecule has 42 valence electrons. The van der Waals surface area contributed by atoms with Gasteiger partial charge < -0.3 is 5.11 Å². The van der Waals surface area contributed by atoms with Gasteiger partial charge in [0.2, 0.25) is 0 Å². The molecule has 0 rings (SSSR count). The van der Waals surface area contributed by atoms with E-state index in [-0.39, 0.29) is 19.8 Å². The molecule has 0 spiro atoms. The molecule has 0 aliphatic rings. The quantitative estimate of drug-likeness (QED) is 0.519. The van der Waals surface area contributed by atoms with E-state index in [1.54, 1.807) is 0 Å². The van der Waals surface area contributed by atoms with Crippen molar-refractivity contribution in [2.24, 2.45) is 0 Å². The number of halogens is 2. The molecule has 2 nitrogen and oxygen atoms in total. The molecule has 0 unspecified atom stereocenters. The number of carboxylic acid groups (broad SMARTS) is 1. The van der Waals surface area contributed by atoms with Gasteiger partial charge in [0.05, 0.1) is 0 Å². The number of hydrogen-bond donors (Lipinski definition) is 1. The summed E-state index contributed by atoms with van der Waals surface area (Å²) in [4.78, 5) is 8.95. The Morgan fingerprint density at radius 3 is 1.71 bits per heavy atom. The van der Waals surface area contributed by atoms with Crippen molar-refractivity contribution in [3.05, 3.63) is 0 Å². The number of alkyl halides is 2. The summed E-state index contributed by atoms with van der Waals surface area (Å²) >= 11 is 0. The van der Waals surface area contributed by atoms with Crippen molar-refractivity contribution in [1.82, 2.24) is 0 Å². The molecule has 0 aromatic heterocycles. The van der Waals surface area contributed by atoms with Gasteiger partial charge in [-0.05, 0) is 0 Å². The molecule has 0 saturated carbocycles. The fraction of sp³-hybridized carbons (Fsp3) is 0.500. The molecule has 5 heteroatoms. The van der Waals surface area contributed by atoms with Gasteiger partial charge in [0, 0.05) is 0 Å². The molecular weight excluding hydrogens is 164 g/mol. The summed E-state index contributed by atoms with van der Waals surface area (Å²) in [5.74, 6) is -2.07. The van der Waals surface area contributed by atoms with Crippen molar-refractivity contribution < 1.29 is 18.7 Å². The second kappa shape index (κ2) is 4.13. The van der Waals surface area contributed by atoms with E-state index >= 15 is 0 Å². The van der Waals surface area contributed by atoms with Crippen LogP contribution in [0.15, 0.2) is 0 Å². The summed E-state index contributed by atoms with van der Waals surface area (Å²) in [5, 5.41) is 7.24. The Hall–Kier alpha value is -0.0336.